The van der Waals surface area contributed by atoms with Crippen LogP contribution in [0.15, 0.2) is 0 Å². The van der Waals surface area contributed by atoms with Gasteiger partial charge in [0.15, 0.2) is 0 Å². The summed E-state index contributed by atoms with van der Waals surface area (Å²) in [6.07, 6.45) is -6.72. The third-order valence-electron chi connectivity index (χ3n) is 3.17. The Balaban J connectivity index is 3.17. The fourth-order valence-corrected chi connectivity index (χ4v) is 3.26. The van der Waals surface area contributed by atoms with Crippen molar-refractivity contribution in [3.05, 3.63) is 0 Å². The summed E-state index contributed by atoms with van der Waals surface area (Å²) < 4.78 is 62.1. The fourth-order valence-electron chi connectivity index (χ4n) is 1.81. The Hall–Kier alpha value is -0.0600. The maximum Gasteiger partial charge on any atom is 0.420 e. The van der Waals surface area contributed by atoms with Gasteiger partial charge in [-0.3, -0.25) is 8.98 Å². The van der Waals surface area contributed by atoms with Crippen molar-refractivity contribution < 1.29 is 35.7 Å². The van der Waals surface area contributed by atoms with Gasteiger partial charge in [-0.2, -0.15) is 21.6 Å². The second-order valence-corrected chi connectivity index (χ2v) is 8.78. The smallest absolute Gasteiger partial charge is 0.420 e. The fraction of sp³-hybridized carbons (Fsp3) is 0.889. The molecule has 0 spiro atoms. The Morgan fingerprint density at radius 1 is 1.55 bits per heavy atom. The summed E-state index contributed by atoms with van der Waals surface area (Å²) in [5.74, 6) is -2.53. The van der Waals surface area contributed by atoms with E-state index >= 15 is 0 Å². The maximum atomic E-state index is 12.9. The van der Waals surface area contributed by atoms with Crippen molar-refractivity contribution in [2.45, 2.75) is 29.4 Å². The van der Waals surface area contributed by atoms with E-state index < -0.39 is 43.5 Å². The molecule has 0 bridgehead atoms. The molecule has 5 nitrogen and oxygen atoms in total. The van der Waals surface area contributed by atoms with Crippen molar-refractivity contribution in [1.82, 2.24) is 0 Å². The van der Waals surface area contributed by atoms with Gasteiger partial charge in [0.1, 0.15) is 6.10 Å². The van der Waals surface area contributed by atoms with E-state index in [0.717, 1.165) is 0 Å². The number of carboxylic acids is 1. The monoisotopic (exact) mass is 402 g/mol. The molecule has 1 fully saturated rings. The second-order valence-electron chi connectivity index (χ2n) is 4.87. The van der Waals surface area contributed by atoms with Gasteiger partial charge in [0.05, 0.1) is 11.7 Å². The minimum Gasteiger partial charge on any atom is -0.481 e. The number of hydrogen-bond acceptors (Lipinski definition) is 4. The number of aliphatic carboxylic acids is 1. The maximum absolute atomic E-state index is 12.9. The molecule has 0 aliphatic heterocycles. The van der Waals surface area contributed by atoms with Gasteiger partial charge >= 0.3 is 12.1 Å². The van der Waals surface area contributed by atoms with E-state index in [1.165, 1.54) is 6.92 Å². The number of alkyl halides is 5. The lowest BCUT2D eigenvalue weighted by atomic mass is 10.0. The van der Waals surface area contributed by atoms with Gasteiger partial charge in [-0.15, -0.1) is 0 Å². The van der Waals surface area contributed by atoms with Gasteiger partial charge in [0.2, 0.25) is 3.78 Å². The molecule has 0 amide bonds. The van der Waals surface area contributed by atoms with Crippen LogP contribution >= 0.6 is 27.5 Å². The summed E-state index contributed by atoms with van der Waals surface area (Å²) >= 11 is 7.58. The molecule has 1 saturated carbocycles. The first-order chi connectivity index (χ1) is 8.63. The first-order valence-corrected chi connectivity index (χ1v) is 8.18. The number of carbonyl (C=O) groups is 1. The van der Waals surface area contributed by atoms with Crippen LogP contribution in [0.25, 0.3) is 0 Å². The summed E-state index contributed by atoms with van der Waals surface area (Å²) in [5, 5.41) is 8.95. The number of rotatable bonds is 5. The SMILES string of the molecule is CC1(C(=O)O)CC1C(OS(C)(=O)=O)C(Cl)(Br)C(F)(F)F. The third-order valence-corrected chi connectivity index (χ3v) is 5.06. The van der Waals surface area contributed by atoms with Crippen LogP contribution in [0.1, 0.15) is 13.3 Å². The lowest BCUT2D eigenvalue weighted by Gasteiger charge is -2.32. The average molecular weight is 404 g/mol. The number of halogens is 5. The minimum atomic E-state index is -5.04. The number of hydrogen-bond donors (Lipinski definition) is 1. The van der Waals surface area contributed by atoms with Crippen LogP contribution in [0.4, 0.5) is 13.2 Å². The molecule has 11 heteroatoms. The molecule has 4 atom stereocenters. The van der Waals surface area contributed by atoms with Gasteiger partial charge < -0.3 is 5.11 Å². The lowest BCUT2D eigenvalue weighted by molar-refractivity contribution is -0.159. The van der Waals surface area contributed by atoms with Gasteiger partial charge in [0.25, 0.3) is 10.1 Å². The zero-order chi connectivity index (χ0) is 16.1. The molecule has 4 unspecified atom stereocenters. The van der Waals surface area contributed by atoms with E-state index in [2.05, 4.69) is 20.1 Å². The largest absolute Gasteiger partial charge is 0.481 e. The molecule has 1 aliphatic carbocycles. The van der Waals surface area contributed by atoms with E-state index in [-0.39, 0.29) is 6.42 Å². The quantitative estimate of drug-likeness (QED) is 0.563. The highest BCUT2D eigenvalue weighted by Crippen LogP contribution is 2.61. The molecule has 20 heavy (non-hydrogen) atoms. The molecule has 0 aromatic rings. The molecule has 0 heterocycles. The summed E-state index contributed by atoms with van der Waals surface area (Å²) in [7, 11) is -4.26. The number of carboxylic acid groups (broad SMARTS) is 1. The van der Waals surface area contributed by atoms with Crippen molar-refractivity contribution in [1.29, 1.82) is 0 Å². The van der Waals surface area contributed by atoms with Crippen LogP contribution in [0.2, 0.25) is 0 Å². The van der Waals surface area contributed by atoms with Crippen LogP contribution < -0.4 is 0 Å². The molecule has 0 aromatic heterocycles. The van der Waals surface area contributed by atoms with Crippen LogP contribution in [-0.4, -0.2) is 41.8 Å². The molecular formula is C9H11BrClF3O5S. The summed E-state index contributed by atoms with van der Waals surface area (Å²) in [6, 6.07) is 0. The van der Waals surface area contributed by atoms with Crippen LogP contribution in [0.5, 0.6) is 0 Å². The molecule has 1 N–H and O–H groups in total. The Morgan fingerprint density at radius 2 is 2.00 bits per heavy atom. The van der Waals surface area contributed by atoms with E-state index in [9.17, 15) is 26.4 Å². The molecule has 0 aromatic carbocycles. The molecule has 0 saturated heterocycles. The molecule has 1 aliphatic rings. The Kier molecular flexibility index (Phi) is 4.49. The highest BCUT2D eigenvalue weighted by atomic mass is 79.9. The topological polar surface area (TPSA) is 80.7 Å². The first-order valence-electron chi connectivity index (χ1n) is 5.19. The summed E-state index contributed by atoms with van der Waals surface area (Å²) in [5.41, 5.74) is -1.51. The predicted molar refractivity (Wildman–Crippen MR) is 67.1 cm³/mol. The lowest BCUT2D eigenvalue weighted by Crippen LogP contribution is -2.49. The van der Waals surface area contributed by atoms with E-state index in [4.69, 9.17) is 16.7 Å². The van der Waals surface area contributed by atoms with Crippen molar-refractivity contribution in [3.8, 4) is 0 Å². The second kappa shape index (κ2) is 4.99. The van der Waals surface area contributed by atoms with Crippen molar-refractivity contribution in [2.75, 3.05) is 6.26 Å². The third kappa shape index (κ3) is 3.40. The van der Waals surface area contributed by atoms with Crippen molar-refractivity contribution >= 4 is 43.6 Å². The van der Waals surface area contributed by atoms with Crippen LogP contribution in [0, 0.1) is 11.3 Å². The zero-order valence-corrected chi connectivity index (χ0v) is 13.4. The first kappa shape index (κ1) is 18.0. The minimum absolute atomic E-state index is 0.168. The molecule has 0 radical (unpaired) electrons. The molecule has 118 valence electrons. The zero-order valence-electron chi connectivity index (χ0n) is 10.2. The standard InChI is InChI=1S/C9H11BrClF3O5S/c1-7(6(15)16)3-4(7)5(19-20(2,17)18)8(10,11)9(12,13)14/h4-5H,3H2,1-2H3,(H,15,16). The molecular weight excluding hydrogens is 393 g/mol. The highest BCUT2D eigenvalue weighted by Gasteiger charge is 2.70. The molecule has 1 rings (SSSR count). The Bertz CT molecular complexity index is 520. The van der Waals surface area contributed by atoms with Crippen molar-refractivity contribution in [2.24, 2.45) is 11.3 Å². The Morgan fingerprint density at radius 3 is 2.25 bits per heavy atom. The predicted octanol–water partition coefficient (Wildman–Crippen LogP) is 2.33. The summed E-state index contributed by atoms with van der Waals surface area (Å²) in [4.78, 5) is 11.0. The average Bonchev–Trinajstić information content (AvgIpc) is 2.85. The van der Waals surface area contributed by atoms with E-state index in [0.29, 0.717) is 6.26 Å². The Labute approximate surface area is 126 Å². The van der Waals surface area contributed by atoms with Gasteiger partial charge in [-0.05, 0) is 13.3 Å². The van der Waals surface area contributed by atoms with Gasteiger partial charge in [-0.1, -0.05) is 27.5 Å². The highest BCUT2D eigenvalue weighted by molar-refractivity contribution is 9.10. The van der Waals surface area contributed by atoms with Crippen LogP contribution in [0.3, 0.4) is 0 Å². The normalized spacial score (nSPS) is 31.4. The van der Waals surface area contributed by atoms with Gasteiger partial charge in [0, 0.05) is 5.92 Å². The van der Waals surface area contributed by atoms with E-state index in [1.807, 2.05) is 0 Å². The van der Waals surface area contributed by atoms with Crippen molar-refractivity contribution in [3.63, 3.8) is 0 Å². The van der Waals surface area contributed by atoms with Crippen LogP contribution in [-0.2, 0) is 19.1 Å². The van der Waals surface area contributed by atoms with Gasteiger partial charge in [-0.25, -0.2) is 0 Å². The van der Waals surface area contributed by atoms with E-state index in [1.54, 1.807) is 0 Å². The summed E-state index contributed by atoms with van der Waals surface area (Å²) in [6.45, 7) is 1.20.